The molecule has 0 amide bonds. The van der Waals surface area contributed by atoms with E-state index >= 15 is 0 Å². The third kappa shape index (κ3) is 2.28. The number of hydrogen-bond acceptors (Lipinski definition) is 4. The van der Waals surface area contributed by atoms with Crippen molar-refractivity contribution in [3.8, 4) is 5.75 Å². The van der Waals surface area contributed by atoms with Crippen molar-refractivity contribution in [2.24, 2.45) is 0 Å². The Hall–Kier alpha value is -1.14. The molecule has 0 saturated carbocycles. The van der Waals surface area contributed by atoms with Gasteiger partial charge in [-0.25, -0.2) is 0 Å². The van der Waals surface area contributed by atoms with Crippen molar-refractivity contribution in [2.45, 2.75) is 13.5 Å². The van der Waals surface area contributed by atoms with E-state index in [0.29, 0.717) is 22.9 Å². The van der Waals surface area contributed by atoms with E-state index in [1.807, 2.05) is 13.0 Å². The Bertz CT molecular complexity index is 526. The maximum atomic E-state index is 12.3. The van der Waals surface area contributed by atoms with Crippen LogP contribution in [0.5, 0.6) is 5.75 Å². The Labute approximate surface area is 111 Å². The molecule has 0 spiro atoms. The van der Waals surface area contributed by atoms with Gasteiger partial charge in [0.2, 0.25) is 5.78 Å². The standard InChI is InChI=1S/C11H11BrN2O2S/c1-3-14-10(7(16-2)6-13-14)11(15)8-4-5-9(12)17-8/h4-6H,3H2,1-2H3. The van der Waals surface area contributed by atoms with E-state index < -0.39 is 0 Å². The minimum atomic E-state index is -0.0584. The van der Waals surface area contributed by atoms with Crippen molar-refractivity contribution in [1.82, 2.24) is 9.78 Å². The molecule has 0 atom stereocenters. The zero-order chi connectivity index (χ0) is 12.4. The summed E-state index contributed by atoms with van der Waals surface area (Å²) in [7, 11) is 1.54. The molecule has 0 fully saturated rings. The first-order valence-corrected chi connectivity index (χ1v) is 6.68. The third-order valence-corrected chi connectivity index (χ3v) is 3.96. The van der Waals surface area contributed by atoms with Gasteiger partial charge in [0, 0.05) is 6.54 Å². The van der Waals surface area contributed by atoms with E-state index in [4.69, 9.17) is 4.74 Å². The van der Waals surface area contributed by atoms with Crippen LogP contribution in [0.25, 0.3) is 0 Å². The molecule has 4 nitrogen and oxygen atoms in total. The predicted molar refractivity (Wildman–Crippen MR) is 69.9 cm³/mol. The second kappa shape index (κ2) is 5.01. The van der Waals surface area contributed by atoms with Crippen molar-refractivity contribution in [1.29, 1.82) is 0 Å². The van der Waals surface area contributed by atoms with Gasteiger partial charge in [-0.15, -0.1) is 11.3 Å². The van der Waals surface area contributed by atoms with E-state index in [9.17, 15) is 4.79 Å². The Morgan fingerprint density at radius 3 is 2.88 bits per heavy atom. The number of rotatable bonds is 4. The molecular weight excluding hydrogens is 304 g/mol. The van der Waals surface area contributed by atoms with Crippen molar-refractivity contribution in [3.63, 3.8) is 0 Å². The highest BCUT2D eigenvalue weighted by molar-refractivity contribution is 9.11. The zero-order valence-corrected chi connectivity index (χ0v) is 11.8. The number of aromatic nitrogens is 2. The summed E-state index contributed by atoms with van der Waals surface area (Å²) < 4.78 is 7.75. The Morgan fingerprint density at radius 1 is 1.59 bits per heavy atom. The van der Waals surface area contributed by atoms with Crippen molar-refractivity contribution >= 4 is 33.0 Å². The topological polar surface area (TPSA) is 44.1 Å². The van der Waals surface area contributed by atoms with Crippen molar-refractivity contribution < 1.29 is 9.53 Å². The summed E-state index contributed by atoms with van der Waals surface area (Å²) in [6.45, 7) is 2.57. The monoisotopic (exact) mass is 314 g/mol. The van der Waals surface area contributed by atoms with Crippen LogP contribution >= 0.6 is 27.3 Å². The summed E-state index contributed by atoms with van der Waals surface area (Å²) in [5, 5.41) is 4.12. The largest absolute Gasteiger partial charge is 0.493 e. The van der Waals surface area contributed by atoms with Gasteiger partial charge in [-0.3, -0.25) is 9.48 Å². The molecule has 0 saturated heterocycles. The number of aryl methyl sites for hydroxylation is 1. The molecule has 6 heteroatoms. The Balaban J connectivity index is 2.45. The lowest BCUT2D eigenvalue weighted by molar-refractivity contribution is 0.103. The van der Waals surface area contributed by atoms with Gasteiger partial charge >= 0.3 is 0 Å². The quantitative estimate of drug-likeness (QED) is 0.815. The number of ether oxygens (including phenoxy) is 1. The maximum Gasteiger partial charge on any atom is 0.224 e. The molecule has 0 aliphatic carbocycles. The molecule has 0 N–H and O–H groups in total. The average Bonchev–Trinajstić information content (AvgIpc) is 2.93. The first-order valence-electron chi connectivity index (χ1n) is 5.07. The lowest BCUT2D eigenvalue weighted by Gasteiger charge is -2.04. The highest BCUT2D eigenvalue weighted by atomic mass is 79.9. The summed E-state index contributed by atoms with van der Waals surface area (Å²) in [4.78, 5) is 13.0. The summed E-state index contributed by atoms with van der Waals surface area (Å²) in [5.74, 6) is 0.457. The van der Waals surface area contributed by atoms with Crippen LogP contribution in [0, 0.1) is 0 Å². The molecule has 0 unspecified atom stereocenters. The summed E-state index contributed by atoms with van der Waals surface area (Å²) in [5.41, 5.74) is 0.504. The van der Waals surface area contributed by atoms with E-state index in [2.05, 4.69) is 21.0 Å². The molecule has 0 aromatic carbocycles. The number of halogens is 1. The zero-order valence-electron chi connectivity index (χ0n) is 9.44. The van der Waals surface area contributed by atoms with E-state index in [0.717, 1.165) is 3.79 Å². The highest BCUT2D eigenvalue weighted by Gasteiger charge is 2.21. The number of carbonyl (C=O) groups excluding carboxylic acids is 1. The van der Waals surface area contributed by atoms with Crippen LogP contribution in [0.4, 0.5) is 0 Å². The first kappa shape index (κ1) is 12.3. The van der Waals surface area contributed by atoms with Gasteiger partial charge in [0.15, 0.2) is 11.4 Å². The SMILES string of the molecule is CCn1ncc(OC)c1C(=O)c1ccc(Br)s1. The second-order valence-corrected chi connectivity index (χ2v) is 5.77. The number of ketones is 1. The second-order valence-electron chi connectivity index (χ2n) is 3.31. The molecule has 0 bridgehead atoms. The molecular formula is C11H11BrN2O2S. The third-order valence-electron chi connectivity index (χ3n) is 2.34. The molecule has 0 aliphatic rings. The highest BCUT2D eigenvalue weighted by Crippen LogP contribution is 2.27. The predicted octanol–water partition coefficient (Wildman–Crippen LogP) is 2.97. The van der Waals surface area contributed by atoms with Gasteiger partial charge < -0.3 is 4.74 Å². The fourth-order valence-corrected chi connectivity index (χ4v) is 2.87. The minimum absolute atomic E-state index is 0.0584. The number of hydrogen-bond donors (Lipinski definition) is 0. The van der Waals surface area contributed by atoms with Gasteiger partial charge in [0.05, 0.1) is 22.0 Å². The molecule has 17 heavy (non-hydrogen) atoms. The smallest absolute Gasteiger partial charge is 0.224 e. The summed E-state index contributed by atoms with van der Waals surface area (Å²) in [6.07, 6.45) is 1.57. The van der Waals surface area contributed by atoms with Gasteiger partial charge in [-0.2, -0.15) is 5.10 Å². The number of thiophene rings is 1. The van der Waals surface area contributed by atoms with Gasteiger partial charge in [-0.1, -0.05) is 0 Å². The van der Waals surface area contributed by atoms with Crippen LogP contribution < -0.4 is 4.74 Å². The van der Waals surface area contributed by atoms with Crippen molar-refractivity contribution in [2.75, 3.05) is 7.11 Å². The fraction of sp³-hybridized carbons (Fsp3) is 0.273. The molecule has 2 heterocycles. The average molecular weight is 315 g/mol. The van der Waals surface area contributed by atoms with Crippen LogP contribution in [0.3, 0.4) is 0 Å². The summed E-state index contributed by atoms with van der Waals surface area (Å²) >= 11 is 4.75. The van der Waals surface area contributed by atoms with Gasteiger partial charge in [0.1, 0.15) is 0 Å². The molecule has 90 valence electrons. The summed E-state index contributed by atoms with van der Waals surface area (Å²) in [6, 6.07) is 3.65. The molecule has 0 radical (unpaired) electrons. The number of nitrogens with zero attached hydrogens (tertiary/aromatic N) is 2. The number of carbonyl (C=O) groups is 1. The lowest BCUT2D eigenvalue weighted by atomic mass is 10.2. The van der Waals surface area contributed by atoms with Crippen LogP contribution in [0.1, 0.15) is 22.3 Å². The van der Waals surface area contributed by atoms with E-state index in [1.54, 1.807) is 16.9 Å². The van der Waals surface area contributed by atoms with Crippen LogP contribution in [0.2, 0.25) is 0 Å². The fourth-order valence-electron chi connectivity index (χ4n) is 1.54. The van der Waals surface area contributed by atoms with Crippen molar-refractivity contribution in [3.05, 3.63) is 32.7 Å². The first-order chi connectivity index (χ1) is 8.17. The van der Waals surface area contributed by atoms with Gasteiger partial charge in [0.25, 0.3) is 0 Å². The van der Waals surface area contributed by atoms with Crippen LogP contribution in [-0.4, -0.2) is 22.7 Å². The maximum absolute atomic E-state index is 12.3. The number of methoxy groups -OCH3 is 1. The normalized spacial score (nSPS) is 10.5. The minimum Gasteiger partial charge on any atom is -0.493 e. The van der Waals surface area contributed by atoms with E-state index in [-0.39, 0.29) is 5.78 Å². The molecule has 2 rings (SSSR count). The molecule has 2 aromatic rings. The molecule has 0 aliphatic heterocycles. The molecule has 2 aromatic heterocycles. The van der Waals surface area contributed by atoms with Gasteiger partial charge in [-0.05, 0) is 35.0 Å². The lowest BCUT2D eigenvalue weighted by Crippen LogP contribution is -2.10. The Kier molecular flexibility index (Phi) is 3.63. The van der Waals surface area contributed by atoms with Crippen LogP contribution in [0.15, 0.2) is 22.1 Å². The van der Waals surface area contributed by atoms with E-state index in [1.165, 1.54) is 18.4 Å². The Morgan fingerprint density at radius 2 is 2.35 bits per heavy atom. The van der Waals surface area contributed by atoms with Crippen LogP contribution in [-0.2, 0) is 6.54 Å².